The number of rotatable bonds is 8. The lowest BCUT2D eigenvalue weighted by atomic mass is 9.98. The predicted molar refractivity (Wildman–Crippen MR) is 161 cm³/mol. The van der Waals surface area contributed by atoms with Gasteiger partial charge < -0.3 is 15.2 Å². The number of nitrogens with zero attached hydrogens (tertiary/aromatic N) is 1. The summed E-state index contributed by atoms with van der Waals surface area (Å²) < 4.78 is 8.69. The molecule has 1 fully saturated rings. The van der Waals surface area contributed by atoms with Crippen molar-refractivity contribution in [1.82, 2.24) is 9.72 Å². The van der Waals surface area contributed by atoms with Crippen molar-refractivity contribution in [1.29, 1.82) is 0 Å². The third-order valence-electron chi connectivity index (χ3n) is 7.60. The van der Waals surface area contributed by atoms with Gasteiger partial charge in [0.25, 0.3) is 11.5 Å². The van der Waals surface area contributed by atoms with Crippen LogP contribution in [0.2, 0.25) is 0 Å². The highest BCUT2D eigenvalue weighted by atomic mass is 32.1. The first-order valence-electron chi connectivity index (χ1n) is 13.9. The van der Waals surface area contributed by atoms with E-state index in [0.717, 1.165) is 35.9 Å². The van der Waals surface area contributed by atoms with Crippen molar-refractivity contribution in [2.24, 2.45) is 0 Å². The predicted octanol–water partition coefficient (Wildman–Crippen LogP) is 6.32. The normalized spacial score (nSPS) is 14.6. The minimum atomic E-state index is -1.14. The molecule has 208 valence electrons. The van der Waals surface area contributed by atoms with E-state index < -0.39 is 17.9 Å². The fourth-order valence-electron chi connectivity index (χ4n) is 5.50. The third-order valence-corrected chi connectivity index (χ3v) is 8.77. The second kappa shape index (κ2) is 11.6. The van der Waals surface area contributed by atoms with Crippen molar-refractivity contribution in [3.63, 3.8) is 0 Å². The standard InChI is InChI=1S/C33H30N2O5S/c36-30(34-27(33(38)39)18-21-10-4-1-5-11-21)26-20-25(22-12-6-2-7-13-22)31(37)35-28-19-24(16-17-29(28)41-32(26)35)40-23-14-8-3-9-15-23/h1-2,4-7,10-13,16-17,19-20,23,27H,3,8-9,14-15,18H2,(H,34,36)(H,38,39)/t27-/m0/s1. The fourth-order valence-corrected chi connectivity index (χ4v) is 6.64. The average Bonchev–Trinajstić information content (AvgIpc) is 3.38. The van der Waals surface area contributed by atoms with Crippen LogP contribution >= 0.6 is 11.3 Å². The number of carboxylic acid groups (broad SMARTS) is 1. The minimum absolute atomic E-state index is 0.137. The Balaban J connectivity index is 1.45. The van der Waals surface area contributed by atoms with E-state index in [1.54, 1.807) is 10.5 Å². The molecule has 0 aliphatic heterocycles. The van der Waals surface area contributed by atoms with Crippen molar-refractivity contribution in [2.75, 3.05) is 0 Å². The van der Waals surface area contributed by atoms with Crippen LogP contribution in [0.15, 0.2) is 89.7 Å². The third kappa shape index (κ3) is 5.60. The minimum Gasteiger partial charge on any atom is -0.490 e. The molecule has 0 bridgehead atoms. The summed E-state index contributed by atoms with van der Waals surface area (Å²) in [4.78, 5) is 40.3. The van der Waals surface area contributed by atoms with E-state index in [9.17, 15) is 19.5 Å². The van der Waals surface area contributed by atoms with E-state index in [2.05, 4.69) is 5.32 Å². The molecule has 1 aliphatic carbocycles. The van der Waals surface area contributed by atoms with Crippen LogP contribution in [0, 0.1) is 0 Å². The molecule has 2 aromatic heterocycles. The van der Waals surface area contributed by atoms with Crippen LogP contribution in [0.5, 0.6) is 5.75 Å². The highest BCUT2D eigenvalue weighted by Gasteiger charge is 2.25. The molecule has 7 nitrogen and oxygen atoms in total. The SMILES string of the molecule is O=C(N[C@@H](Cc1ccccc1)C(=O)O)c1cc(-c2ccccc2)c(=O)n2c1sc1ccc(OC3CCCCC3)cc12. The van der Waals surface area contributed by atoms with Gasteiger partial charge in [-0.3, -0.25) is 14.0 Å². The molecular weight excluding hydrogens is 536 g/mol. The molecule has 1 atom stereocenters. The van der Waals surface area contributed by atoms with Crippen molar-refractivity contribution in [3.8, 4) is 16.9 Å². The van der Waals surface area contributed by atoms with E-state index >= 15 is 0 Å². The lowest BCUT2D eigenvalue weighted by Gasteiger charge is -2.23. The molecule has 41 heavy (non-hydrogen) atoms. The number of nitrogens with one attached hydrogen (secondary N) is 1. The number of benzene rings is 3. The van der Waals surface area contributed by atoms with Gasteiger partial charge in [0, 0.05) is 18.1 Å². The molecule has 1 amide bonds. The number of carbonyl (C=O) groups excluding carboxylic acids is 1. The number of hydrogen-bond donors (Lipinski definition) is 2. The van der Waals surface area contributed by atoms with E-state index in [-0.39, 0.29) is 23.6 Å². The Bertz CT molecular complexity index is 1770. The Labute approximate surface area is 241 Å². The van der Waals surface area contributed by atoms with Crippen LogP contribution in [0.3, 0.4) is 0 Å². The Hall–Kier alpha value is -4.43. The Kier molecular flexibility index (Phi) is 7.57. The summed E-state index contributed by atoms with van der Waals surface area (Å²) in [7, 11) is 0. The zero-order valence-electron chi connectivity index (χ0n) is 22.4. The monoisotopic (exact) mass is 566 g/mol. The Morgan fingerprint density at radius 2 is 1.66 bits per heavy atom. The number of pyridine rings is 1. The van der Waals surface area contributed by atoms with Crippen molar-refractivity contribution < 1.29 is 19.4 Å². The number of ether oxygens (including phenoxy) is 1. The topological polar surface area (TPSA) is 97.1 Å². The molecule has 0 unspecified atom stereocenters. The summed E-state index contributed by atoms with van der Waals surface area (Å²) >= 11 is 1.33. The summed E-state index contributed by atoms with van der Waals surface area (Å²) in [6, 6.07) is 24.5. The number of amides is 1. The Morgan fingerprint density at radius 1 is 0.951 bits per heavy atom. The summed E-state index contributed by atoms with van der Waals surface area (Å²) in [5.74, 6) is -0.982. The van der Waals surface area contributed by atoms with Gasteiger partial charge in [0.05, 0.1) is 21.9 Å². The molecule has 2 N–H and O–H groups in total. The van der Waals surface area contributed by atoms with E-state index in [1.165, 1.54) is 17.8 Å². The average molecular weight is 567 g/mol. The molecule has 1 saturated carbocycles. The van der Waals surface area contributed by atoms with Crippen molar-refractivity contribution in [2.45, 2.75) is 50.7 Å². The van der Waals surface area contributed by atoms with Crippen molar-refractivity contribution >= 4 is 38.3 Å². The van der Waals surface area contributed by atoms with Gasteiger partial charge in [-0.15, -0.1) is 11.3 Å². The van der Waals surface area contributed by atoms with Crippen LogP contribution in [0.1, 0.15) is 48.0 Å². The van der Waals surface area contributed by atoms with Crippen LogP contribution < -0.4 is 15.6 Å². The molecule has 1 aliphatic rings. The van der Waals surface area contributed by atoms with Crippen LogP contribution in [-0.4, -0.2) is 33.5 Å². The summed E-state index contributed by atoms with van der Waals surface area (Å²) in [5, 5.41) is 12.6. The molecule has 8 heteroatoms. The first-order chi connectivity index (χ1) is 20.0. The molecule has 5 aromatic rings. The molecule has 0 saturated heterocycles. The maximum Gasteiger partial charge on any atom is 0.326 e. The van der Waals surface area contributed by atoms with Crippen LogP contribution in [0.4, 0.5) is 0 Å². The number of fused-ring (bicyclic) bond motifs is 3. The number of thiazole rings is 1. The first kappa shape index (κ1) is 26.8. The number of aliphatic carboxylic acids is 1. The first-order valence-corrected chi connectivity index (χ1v) is 14.7. The highest BCUT2D eigenvalue weighted by molar-refractivity contribution is 7.24. The van der Waals surface area contributed by atoms with E-state index in [4.69, 9.17) is 4.74 Å². The van der Waals surface area contributed by atoms with Gasteiger partial charge >= 0.3 is 5.97 Å². The van der Waals surface area contributed by atoms with Crippen LogP contribution in [0.25, 0.3) is 26.2 Å². The summed E-state index contributed by atoms with van der Waals surface area (Å²) in [5.41, 5.74) is 2.50. The maximum absolute atomic E-state index is 14.0. The number of aromatic nitrogens is 1. The number of carbonyl (C=O) groups is 2. The second-order valence-corrected chi connectivity index (χ2v) is 11.5. The van der Waals surface area contributed by atoms with Gasteiger partial charge in [0.2, 0.25) is 0 Å². The molecule has 6 rings (SSSR count). The molecular formula is C33H30N2O5S. The molecule has 0 spiro atoms. The number of carboxylic acids is 1. The van der Waals surface area contributed by atoms with E-state index in [0.29, 0.717) is 27.2 Å². The lowest BCUT2D eigenvalue weighted by molar-refractivity contribution is -0.139. The summed E-state index contributed by atoms with van der Waals surface area (Å²) in [6.45, 7) is 0. The molecule has 2 heterocycles. The largest absolute Gasteiger partial charge is 0.490 e. The van der Waals surface area contributed by atoms with Gasteiger partial charge in [-0.25, -0.2) is 4.79 Å². The fraction of sp³-hybridized carbons (Fsp3) is 0.242. The quantitative estimate of drug-likeness (QED) is 0.229. The second-order valence-electron chi connectivity index (χ2n) is 10.4. The summed E-state index contributed by atoms with van der Waals surface area (Å²) in [6.07, 6.45) is 5.84. The van der Waals surface area contributed by atoms with Gasteiger partial charge in [-0.1, -0.05) is 67.1 Å². The Morgan fingerprint density at radius 3 is 2.37 bits per heavy atom. The molecule has 3 aromatic carbocycles. The van der Waals surface area contributed by atoms with Gasteiger partial charge in [-0.2, -0.15) is 0 Å². The van der Waals surface area contributed by atoms with Gasteiger partial charge in [0.15, 0.2) is 0 Å². The lowest BCUT2D eigenvalue weighted by Crippen LogP contribution is -2.42. The van der Waals surface area contributed by atoms with E-state index in [1.807, 2.05) is 78.9 Å². The number of hydrogen-bond acceptors (Lipinski definition) is 5. The molecule has 0 radical (unpaired) electrons. The van der Waals surface area contributed by atoms with Crippen LogP contribution in [-0.2, 0) is 11.2 Å². The highest BCUT2D eigenvalue weighted by Crippen LogP contribution is 2.33. The van der Waals surface area contributed by atoms with Crippen molar-refractivity contribution in [3.05, 3.63) is 106 Å². The zero-order chi connectivity index (χ0) is 28.3. The van der Waals surface area contributed by atoms with Gasteiger partial charge in [-0.05, 0) is 55.0 Å². The maximum atomic E-state index is 14.0. The smallest absolute Gasteiger partial charge is 0.326 e. The zero-order valence-corrected chi connectivity index (χ0v) is 23.2. The van der Waals surface area contributed by atoms with Gasteiger partial charge in [0.1, 0.15) is 16.6 Å².